The van der Waals surface area contributed by atoms with Crippen molar-refractivity contribution in [2.24, 2.45) is 5.92 Å². The first kappa shape index (κ1) is 13.7. The predicted molar refractivity (Wildman–Crippen MR) is 79.2 cm³/mol. The van der Waals surface area contributed by atoms with Gasteiger partial charge in [-0.2, -0.15) is 0 Å². The number of H-pyrrole nitrogens is 1. The second-order valence-corrected chi connectivity index (χ2v) is 5.62. The number of amides is 1. The van der Waals surface area contributed by atoms with Crippen LogP contribution in [0.15, 0.2) is 30.5 Å². The van der Waals surface area contributed by atoms with E-state index in [1.54, 1.807) is 11.0 Å². The zero-order chi connectivity index (χ0) is 14.8. The maximum Gasteiger partial charge on any atom is 0.305 e. The standard InChI is InChI=1S/C16H18N2O3/c19-15(20)6-8-18(10-11-1-2-11)16(21)13-3-4-14-12(9-13)5-7-17-14/h3-5,7,9,11,17H,1-2,6,8,10H2,(H,19,20). The van der Waals surface area contributed by atoms with Crippen LogP contribution < -0.4 is 0 Å². The maximum atomic E-state index is 12.6. The van der Waals surface area contributed by atoms with Gasteiger partial charge in [0.05, 0.1) is 6.42 Å². The molecule has 0 bridgehead atoms. The van der Waals surface area contributed by atoms with E-state index in [9.17, 15) is 9.59 Å². The van der Waals surface area contributed by atoms with Crippen LogP contribution >= 0.6 is 0 Å². The molecule has 1 aliphatic carbocycles. The minimum atomic E-state index is -0.871. The Kier molecular flexibility index (Phi) is 3.64. The summed E-state index contributed by atoms with van der Waals surface area (Å²) in [6.45, 7) is 0.938. The number of carboxylic acid groups (broad SMARTS) is 1. The molecule has 1 aliphatic rings. The highest BCUT2D eigenvalue weighted by molar-refractivity contribution is 5.98. The number of benzene rings is 1. The van der Waals surface area contributed by atoms with Crippen molar-refractivity contribution >= 4 is 22.8 Å². The highest BCUT2D eigenvalue weighted by atomic mass is 16.4. The molecule has 5 heteroatoms. The Morgan fingerprint density at radius 2 is 2.10 bits per heavy atom. The average Bonchev–Trinajstić information content (AvgIpc) is 3.16. The summed E-state index contributed by atoms with van der Waals surface area (Å²) in [5, 5.41) is 9.83. The zero-order valence-electron chi connectivity index (χ0n) is 11.7. The van der Waals surface area contributed by atoms with Crippen LogP contribution in [0.1, 0.15) is 29.6 Å². The summed E-state index contributed by atoms with van der Waals surface area (Å²) < 4.78 is 0. The number of nitrogens with one attached hydrogen (secondary N) is 1. The van der Waals surface area contributed by atoms with E-state index < -0.39 is 5.97 Å². The van der Waals surface area contributed by atoms with Crippen molar-refractivity contribution < 1.29 is 14.7 Å². The number of fused-ring (bicyclic) bond motifs is 1. The van der Waals surface area contributed by atoms with Gasteiger partial charge in [-0.3, -0.25) is 9.59 Å². The van der Waals surface area contributed by atoms with Crippen LogP contribution in [0.4, 0.5) is 0 Å². The van der Waals surface area contributed by atoms with Crippen LogP contribution in [0, 0.1) is 5.92 Å². The lowest BCUT2D eigenvalue weighted by Crippen LogP contribution is -2.34. The van der Waals surface area contributed by atoms with E-state index in [0.717, 1.165) is 23.7 Å². The lowest BCUT2D eigenvalue weighted by Gasteiger charge is -2.22. The fraction of sp³-hybridized carbons (Fsp3) is 0.375. The van der Waals surface area contributed by atoms with Gasteiger partial charge in [0.2, 0.25) is 0 Å². The number of hydrogen-bond acceptors (Lipinski definition) is 2. The Labute approximate surface area is 122 Å². The second-order valence-electron chi connectivity index (χ2n) is 5.62. The number of aromatic nitrogens is 1. The first-order valence-corrected chi connectivity index (χ1v) is 7.21. The molecule has 3 rings (SSSR count). The van der Waals surface area contributed by atoms with Gasteiger partial charge in [-0.05, 0) is 43.0 Å². The molecule has 0 aliphatic heterocycles. The summed E-state index contributed by atoms with van der Waals surface area (Å²) in [6.07, 6.45) is 4.09. The summed E-state index contributed by atoms with van der Waals surface area (Å²) in [5.74, 6) is -0.408. The van der Waals surface area contributed by atoms with Crippen LogP contribution in [0.5, 0.6) is 0 Å². The van der Waals surface area contributed by atoms with Crippen molar-refractivity contribution in [2.75, 3.05) is 13.1 Å². The number of carbonyl (C=O) groups is 2. The monoisotopic (exact) mass is 286 g/mol. The number of rotatable bonds is 6. The van der Waals surface area contributed by atoms with Crippen molar-refractivity contribution in [3.63, 3.8) is 0 Å². The molecule has 0 saturated heterocycles. The predicted octanol–water partition coefficient (Wildman–Crippen LogP) is 2.49. The first-order valence-electron chi connectivity index (χ1n) is 7.21. The molecule has 1 saturated carbocycles. The third-order valence-electron chi connectivity index (χ3n) is 3.86. The smallest absolute Gasteiger partial charge is 0.305 e. The zero-order valence-corrected chi connectivity index (χ0v) is 11.7. The van der Waals surface area contributed by atoms with Crippen LogP contribution in [0.2, 0.25) is 0 Å². The number of hydrogen-bond donors (Lipinski definition) is 2. The molecule has 1 aromatic carbocycles. The third-order valence-corrected chi connectivity index (χ3v) is 3.86. The first-order chi connectivity index (χ1) is 10.1. The Bertz CT molecular complexity index is 673. The largest absolute Gasteiger partial charge is 0.481 e. The van der Waals surface area contributed by atoms with E-state index in [2.05, 4.69) is 4.98 Å². The molecular weight excluding hydrogens is 268 g/mol. The van der Waals surface area contributed by atoms with Crippen LogP contribution in [-0.4, -0.2) is 40.0 Å². The normalized spacial score (nSPS) is 14.3. The molecule has 1 aromatic heterocycles. The molecule has 0 atom stereocenters. The molecule has 110 valence electrons. The molecule has 1 amide bonds. The molecule has 0 spiro atoms. The van der Waals surface area contributed by atoms with Crippen LogP contribution in [0.3, 0.4) is 0 Å². The SMILES string of the molecule is O=C(O)CCN(CC1CC1)C(=O)c1ccc2[nH]ccc2c1. The van der Waals surface area contributed by atoms with Gasteiger partial charge in [0.1, 0.15) is 0 Å². The van der Waals surface area contributed by atoms with Gasteiger partial charge in [0.15, 0.2) is 0 Å². The highest BCUT2D eigenvalue weighted by Gasteiger charge is 2.27. The summed E-state index contributed by atoms with van der Waals surface area (Å²) in [7, 11) is 0. The van der Waals surface area contributed by atoms with Crippen LogP contribution in [0.25, 0.3) is 10.9 Å². The van der Waals surface area contributed by atoms with E-state index in [1.807, 2.05) is 24.4 Å². The van der Waals surface area contributed by atoms with Crippen molar-refractivity contribution in [3.05, 3.63) is 36.0 Å². The Balaban J connectivity index is 1.78. The summed E-state index contributed by atoms with van der Waals surface area (Å²) in [4.78, 5) is 28.1. The van der Waals surface area contributed by atoms with Crippen molar-refractivity contribution in [2.45, 2.75) is 19.3 Å². The molecule has 2 N–H and O–H groups in total. The molecule has 21 heavy (non-hydrogen) atoms. The number of carbonyl (C=O) groups excluding carboxylic acids is 1. The molecule has 0 radical (unpaired) electrons. The molecule has 1 fully saturated rings. The van der Waals surface area contributed by atoms with Crippen molar-refractivity contribution in [3.8, 4) is 0 Å². The lowest BCUT2D eigenvalue weighted by atomic mass is 10.1. The summed E-state index contributed by atoms with van der Waals surface area (Å²) in [6, 6.07) is 7.46. The van der Waals surface area contributed by atoms with Gasteiger partial charge >= 0.3 is 5.97 Å². The minimum Gasteiger partial charge on any atom is -0.481 e. The maximum absolute atomic E-state index is 12.6. The number of aliphatic carboxylic acids is 1. The molecule has 5 nitrogen and oxygen atoms in total. The summed E-state index contributed by atoms with van der Waals surface area (Å²) >= 11 is 0. The van der Waals surface area contributed by atoms with E-state index in [4.69, 9.17) is 5.11 Å². The summed E-state index contributed by atoms with van der Waals surface area (Å²) in [5.41, 5.74) is 1.61. The number of carboxylic acids is 1. The van der Waals surface area contributed by atoms with Gasteiger partial charge in [-0.1, -0.05) is 0 Å². The molecule has 2 aromatic rings. The van der Waals surface area contributed by atoms with Crippen LogP contribution in [-0.2, 0) is 4.79 Å². The lowest BCUT2D eigenvalue weighted by molar-refractivity contribution is -0.137. The molecule has 1 heterocycles. The Morgan fingerprint density at radius 1 is 1.29 bits per heavy atom. The van der Waals surface area contributed by atoms with E-state index in [0.29, 0.717) is 18.0 Å². The Morgan fingerprint density at radius 3 is 2.81 bits per heavy atom. The van der Waals surface area contributed by atoms with Gasteiger partial charge < -0.3 is 15.0 Å². The van der Waals surface area contributed by atoms with Crippen molar-refractivity contribution in [1.29, 1.82) is 0 Å². The third kappa shape index (κ3) is 3.24. The van der Waals surface area contributed by atoms with E-state index in [-0.39, 0.29) is 18.9 Å². The quantitative estimate of drug-likeness (QED) is 0.857. The number of aromatic amines is 1. The number of nitrogens with zero attached hydrogens (tertiary/aromatic N) is 1. The van der Waals surface area contributed by atoms with Gasteiger partial charge in [0.25, 0.3) is 5.91 Å². The Hall–Kier alpha value is -2.30. The molecule has 0 unspecified atom stereocenters. The second kappa shape index (κ2) is 5.60. The van der Waals surface area contributed by atoms with Crippen molar-refractivity contribution in [1.82, 2.24) is 9.88 Å². The van der Waals surface area contributed by atoms with E-state index in [1.165, 1.54) is 0 Å². The average molecular weight is 286 g/mol. The van der Waals surface area contributed by atoms with Gasteiger partial charge in [-0.25, -0.2) is 0 Å². The highest BCUT2D eigenvalue weighted by Crippen LogP contribution is 2.30. The van der Waals surface area contributed by atoms with E-state index >= 15 is 0 Å². The fourth-order valence-corrected chi connectivity index (χ4v) is 2.49. The van der Waals surface area contributed by atoms with Gasteiger partial charge in [-0.15, -0.1) is 0 Å². The molecular formula is C16H18N2O3. The minimum absolute atomic E-state index is 0.00907. The van der Waals surface area contributed by atoms with Gasteiger partial charge in [0, 0.05) is 35.8 Å². The fourth-order valence-electron chi connectivity index (χ4n) is 2.49. The topological polar surface area (TPSA) is 73.4 Å².